The van der Waals surface area contributed by atoms with Crippen molar-refractivity contribution in [3.8, 4) is 11.1 Å². The minimum absolute atomic E-state index is 0.00444. The Labute approximate surface area is 325 Å². The normalized spacial score (nSPS) is 18.6. The Morgan fingerprint density at radius 3 is 2.29 bits per heavy atom. The molecule has 55 heavy (non-hydrogen) atoms. The molecule has 1 heterocycles. The maximum absolute atomic E-state index is 12.7. The fraction of sp³-hybridized carbons (Fsp3) is 0.391. The average molecular weight is 745 g/mol. The van der Waals surface area contributed by atoms with Crippen molar-refractivity contribution in [3.05, 3.63) is 132 Å². The number of nitrogens with two attached hydrogens (primary N) is 1. The van der Waals surface area contributed by atoms with E-state index in [1.54, 1.807) is 12.1 Å². The smallest absolute Gasteiger partial charge is 0.224 e. The van der Waals surface area contributed by atoms with Gasteiger partial charge in [0, 0.05) is 50.5 Å². The summed E-state index contributed by atoms with van der Waals surface area (Å²) in [6.07, 6.45) is 9.98. The van der Waals surface area contributed by atoms with Crippen LogP contribution in [0.3, 0.4) is 0 Å². The number of hydrogen-bond acceptors (Lipinski definition) is 7. The number of carbonyl (C=O) groups is 2. The van der Waals surface area contributed by atoms with Gasteiger partial charge in [-0.2, -0.15) is 0 Å². The molecule has 2 aliphatic rings. The summed E-state index contributed by atoms with van der Waals surface area (Å²) in [7, 11) is 0. The number of nitrogen functional groups attached to an aromatic ring is 1. The lowest BCUT2D eigenvalue weighted by Crippen LogP contribution is -2.43. The molecule has 1 aliphatic carbocycles. The highest BCUT2D eigenvalue weighted by atomic mass is 16.7. The molecule has 5 N–H and O–H groups in total. The fourth-order valence-electron chi connectivity index (χ4n) is 7.69. The Morgan fingerprint density at radius 1 is 0.818 bits per heavy atom. The molecular formula is C46H56N4O5. The largest absolute Gasteiger partial charge is 0.397 e. The van der Waals surface area contributed by atoms with Crippen molar-refractivity contribution in [2.24, 2.45) is 0 Å². The van der Waals surface area contributed by atoms with Gasteiger partial charge < -0.3 is 30.9 Å². The van der Waals surface area contributed by atoms with Crippen LogP contribution < -0.4 is 16.4 Å². The van der Waals surface area contributed by atoms with Gasteiger partial charge in [0.15, 0.2) is 6.29 Å². The van der Waals surface area contributed by atoms with Crippen LogP contribution in [0.5, 0.6) is 0 Å². The van der Waals surface area contributed by atoms with E-state index < -0.39 is 6.29 Å². The van der Waals surface area contributed by atoms with E-state index in [0.29, 0.717) is 49.6 Å². The number of aliphatic hydroxyl groups excluding tert-OH is 1. The van der Waals surface area contributed by atoms with Crippen LogP contribution in [-0.2, 0) is 32.2 Å². The summed E-state index contributed by atoms with van der Waals surface area (Å²) in [6, 6.07) is 32.4. The highest BCUT2D eigenvalue weighted by Crippen LogP contribution is 2.39. The standard InChI is InChI=1S/C46H56N4O5/c1-2-26-50(39-16-6-7-17-39)31-40-29-43(35-24-22-33(32-51)23-25-35)55-46(54-40)38-15-11-14-37(28-38)36-13-10-12-34(27-36)30-48-44(52)20-4-3-5-21-45(53)49-42-19-9-8-18-41(42)47/h2,8-15,18-19,22-25,27-28,39-40,43,46,51H,1,3-7,16-17,20-21,26,29-32,47H2,(H,48,52)(H,49,53). The first-order valence-electron chi connectivity index (χ1n) is 19.8. The Balaban J connectivity index is 1.04. The van der Waals surface area contributed by atoms with Crippen LogP contribution in [0.1, 0.15) is 98.9 Å². The van der Waals surface area contributed by atoms with E-state index in [1.165, 1.54) is 25.7 Å². The minimum Gasteiger partial charge on any atom is -0.397 e. The molecule has 4 aromatic carbocycles. The van der Waals surface area contributed by atoms with Crippen LogP contribution in [0.4, 0.5) is 11.4 Å². The van der Waals surface area contributed by atoms with E-state index in [1.807, 2.05) is 48.5 Å². The Morgan fingerprint density at radius 2 is 1.55 bits per heavy atom. The molecule has 9 heteroatoms. The number of aliphatic hydroxyl groups is 1. The maximum Gasteiger partial charge on any atom is 0.224 e. The van der Waals surface area contributed by atoms with Gasteiger partial charge in [0.25, 0.3) is 0 Å². The lowest BCUT2D eigenvalue weighted by Gasteiger charge is -2.39. The molecule has 1 saturated heterocycles. The van der Waals surface area contributed by atoms with E-state index >= 15 is 0 Å². The summed E-state index contributed by atoms with van der Waals surface area (Å²) in [5, 5.41) is 15.5. The first-order chi connectivity index (χ1) is 26.9. The van der Waals surface area contributed by atoms with Gasteiger partial charge in [-0.15, -0.1) is 6.58 Å². The quantitative estimate of drug-likeness (QED) is 0.0457. The minimum atomic E-state index is -0.546. The number of amides is 2. The van der Waals surface area contributed by atoms with E-state index in [4.69, 9.17) is 15.2 Å². The predicted octanol–water partition coefficient (Wildman–Crippen LogP) is 8.61. The van der Waals surface area contributed by atoms with Crippen molar-refractivity contribution >= 4 is 23.2 Å². The van der Waals surface area contributed by atoms with Crippen LogP contribution in [0, 0.1) is 0 Å². The van der Waals surface area contributed by atoms with E-state index in [9.17, 15) is 14.7 Å². The third-order valence-electron chi connectivity index (χ3n) is 10.7. The molecule has 290 valence electrons. The number of unbranched alkanes of at least 4 members (excludes halogenated alkanes) is 2. The van der Waals surface area contributed by atoms with Gasteiger partial charge in [0.1, 0.15) is 0 Å². The third kappa shape index (κ3) is 11.6. The number of benzene rings is 4. The molecule has 0 aromatic heterocycles. The number of hydrogen-bond donors (Lipinski definition) is 4. The van der Waals surface area contributed by atoms with Gasteiger partial charge >= 0.3 is 0 Å². The third-order valence-corrected chi connectivity index (χ3v) is 10.7. The fourth-order valence-corrected chi connectivity index (χ4v) is 7.69. The molecule has 2 amide bonds. The molecule has 2 fully saturated rings. The lowest BCUT2D eigenvalue weighted by atomic mass is 9.98. The van der Waals surface area contributed by atoms with Gasteiger partial charge in [0.05, 0.1) is 30.2 Å². The monoisotopic (exact) mass is 744 g/mol. The van der Waals surface area contributed by atoms with Gasteiger partial charge in [-0.05, 0) is 77.8 Å². The number of nitrogens with zero attached hydrogens (tertiary/aromatic N) is 1. The average Bonchev–Trinajstić information content (AvgIpc) is 3.76. The second kappa shape index (κ2) is 20.2. The van der Waals surface area contributed by atoms with Crippen LogP contribution in [0.15, 0.2) is 110 Å². The summed E-state index contributed by atoms with van der Waals surface area (Å²) in [5.74, 6) is -0.0783. The number of nitrogens with one attached hydrogen (secondary N) is 2. The molecule has 6 rings (SSSR count). The van der Waals surface area contributed by atoms with Gasteiger partial charge in [-0.3, -0.25) is 14.5 Å². The molecule has 3 atom stereocenters. The zero-order valence-corrected chi connectivity index (χ0v) is 31.8. The van der Waals surface area contributed by atoms with Crippen molar-refractivity contribution in [1.29, 1.82) is 0 Å². The highest BCUT2D eigenvalue weighted by molar-refractivity contribution is 5.93. The molecule has 9 nitrogen and oxygen atoms in total. The van der Waals surface area contributed by atoms with Crippen LogP contribution in [0.2, 0.25) is 0 Å². The molecular weight excluding hydrogens is 689 g/mol. The second-order valence-electron chi connectivity index (χ2n) is 14.8. The predicted molar refractivity (Wildman–Crippen MR) is 219 cm³/mol. The van der Waals surface area contributed by atoms with Crippen molar-refractivity contribution in [2.75, 3.05) is 24.1 Å². The first kappa shape index (κ1) is 39.9. The Hall–Kier alpha value is -4.80. The van der Waals surface area contributed by atoms with Crippen molar-refractivity contribution in [1.82, 2.24) is 10.2 Å². The summed E-state index contributed by atoms with van der Waals surface area (Å²) in [4.78, 5) is 27.5. The van der Waals surface area contributed by atoms with Crippen LogP contribution >= 0.6 is 0 Å². The van der Waals surface area contributed by atoms with Crippen molar-refractivity contribution in [2.45, 2.75) is 102 Å². The molecule has 0 spiro atoms. The molecule has 0 radical (unpaired) electrons. The van der Waals surface area contributed by atoms with E-state index in [-0.39, 0.29) is 30.6 Å². The SMILES string of the molecule is C=CCN(CC1CC(c2ccc(CO)cc2)OC(c2cccc(-c3cccc(CNC(=O)CCCCCC(=O)Nc4ccccc4N)c3)c2)O1)C1CCCC1. The molecule has 0 bridgehead atoms. The summed E-state index contributed by atoms with van der Waals surface area (Å²) < 4.78 is 13.5. The lowest BCUT2D eigenvalue weighted by molar-refractivity contribution is -0.253. The van der Waals surface area contributed by atoms with Crippen molar-refractivity contribution < 1.29 is 24.2 Å². The van der Waals surface area contributed by atoms with Crippen LogP contribution in [-0.4, -0.2) is 47.1 Å². The number of anilines is 2. The van der Waals surface area contributed by atoms with Crippen molar-refractivity contribution in [3.63, 3.8) is 0 Å². The number of carbonyl (C=O) groups excluding carboxylic acids is 2. The summed E-state index contributed by atoms with van der Waals surface area (Å²) in [6.45, 7) is 6.14. The van der Waals surface area contributed by atoms with Gasteiger partial charge in [0.2, 0.25) is 11.8 Å². The second-order valence-corrected chi connectivity index (χ2v) is 14.8. The summed E-state index contributed by atoms with van der Waals surface area (Å²) >= 11 is 0. The molecule has 4 aromatic rings. The first-order valence-corrected chi connectivity index (χ1v) is 19.8. The number of para-hydroxylation sites is 2. The Kier molecular flexibility index (Phi) is 14.7. The van der Waals surface area contributed by atoms with Crippen LogP contribution in [0.25, 0.3) is 11.1 Å². The van der Waals surface area contributed by atoms with E-state index in [0.717, 1.165) is 59.3 Å². The summed E-state index contributed by atoms with van der Waals surface area (Å²) in [5.41, 5.74) is 13.1. The topological polar surface area (TPSA) is 126 Å². The zero-order valence-electron chi connectivity index (χ0n) is 31.8. The number of rotatable bonds is 18. The molecule has 3 unspecified atom stereocenters. The molecule has 1 saturated carbocycles. The molecule has 1 aliphatic heterocycles. The van der Waals surface area contributed by atoms with E-state index in [2.05, 4.69) is 64.6 Å². The maximum atomic E-state index is 12.7. The van der Waals surface area contributed by atoms with Gasteiger partial charge in [-0.1, -0.05) is 98.1 Å². The Bertz CT molecular complexity index is 1860. The number of ether oxygens (including phenoxy) is 2. The van der Waals surface area contributed by atoms with Gasteiger partial charge in [-0.25, -0.2) is 0 Å². The zero-order chi connectivity index (χ0) is 38.4. The highest BCUT2D eigenvalue weighted by Gasteiger charge is 2.34.